The van der Waals surface area contributed by atoms with Crippen LogP contribution in [0, 0.1) is 0 Å². The third-order valence-corrected chi connectivity index (χ3v) is 7.46. The molecular weight excluding hydrogens is 390 g/mol. The van der Waals surface area contributed by atoms with E-state index in [1.54, 1.807) is 17.7 Å². The van der Waals surface area contributed by atoms with Crippen LogP contribution >= 0.6 is 23.1 Å². The SMILES string of the molecule is CCCc1nc2sc3c(SC(C)C(=O)OCC)ncnc3c2c2c1CCCC2. The number of thiophene rings is 1. The summed E-state index contributed by atoms with van der Waals surface area (Å²) in [6.07, 6.45) is 8.44. The number of hydrogen-bond donors (Lipinski definition) is 0. The van der Waals surface area contributed by atoms with Gasteiger partial charge in [-0.2, -0.15) is 0 Å². The average Bonchev–Trinajstić information content (AvgIpc) is 3.08. The van der Waals surface area contributed by atoms with E-state index >= 15 is 0 Å². The second kappa shape index (κ2) is 8.33. The Morgan fingerprint density at radius 3 is 2.79 bits per heavy atom. The van der Waals surface area contributed by atoms with Crippen LogP contribution in [0.15, 0.2) is 11.4 Å². The number of ether oxygens (including phenoxy) is 1. The molecule has 1 aliphatic rings. The van der Waals surface area contributed by atoms with Crippen molar-refractivity contribution in [3.05, 3.63) is 23.1 Å². The zero-order chi connectivity index (χ0) is 19.7. The van der Waals surface area contributed by atoms with Crippen molar-refractivity contribution in [2.75, 3.05) is 6.61 Å². The molecule has 3 aromatic rings. The molecule has 0 saturated carbocycles. The van der Waals surface area contributed by atoms with Crippen molar-refractivity contribution in [1.29, 1.82) is 0 Å². The summed E-state index contributed by atoms with van der Waals surface area (Å²) in [4.78, 5) is 27.3. The number of esters is 1. The first-order valence-corrected chi connectivity index (χ1v) is 11.7. The van der Waals surface area contributed by atoms with Crippen LogP contribution in [0.3, 0.4) is 0 Å². The number of pyridine rings is 1. The molecule has 7 heteroatoms. The number of carbonyl (C=O) groups is 1. The molecular formula is C21H25N3O2S2. The summed E-state index contributed by atoms with van der Waals surface area (Å²) >= 11 is 3.10. The summed E-state index contributed by atoms with van der Waals surface area (Å²) < 4.78 is 6.19. The topological polar surface area (TPSA) is 65.0 Å². The first-order chi connectivity index (χ1) is 13.6. The number of hydrogen-bond acceptors (Lipinski definition) is 7. The van der Waals surface area contributed by atoms with Gasteiger partial charge < -0.3 is 4.74 Å². The van der Waals surface area contributed by atoms with Crippen molar-refractivity contribution in [3.63, 3.8) is 0 Å². The lowest BCUT2D eigenvalue weighted by Crippen LogP contribution is -2.16. The molecule has 0 aromatic carbocycles. The van der Waals surface area contributed by atoms with E-state index in [-0.39, 0.29) is 11.2 Å². The van der Waals surface area contributed by atoms with Gasteiger partial charge in [0, 0.05) is 11.1 Å². The minimum Gasteiger partial charge on any atom is -0.465 e. The Labute approximate surface area is 173 Å². The van der Waals surface area contributed by atoms with Gasteiger partial charge in [0.25, 0.3) is 0 Å². The minimum atomic E-state index is -0.305. The zero-order valence-corrected chi connectivity index (χ0v) is 18.2. The van der Waals surface area contributed by atoms with Gasteiger partial charge in [-0.1, -0.05) is 25.1 Å². The number of rotatable bonds is 6. The van der Waals surface area contributed by atoms with Crippen LogP contribution < -0.4 is 0 Å². The summed E-state index contributed by atoms with van der Waals surface area (Å²) in [5, 5.41) is 1.75. The van der Waals surface area contributed by atoms with Crippen molar-refractivity contribution < 1.29 is 9.53 Å². The van der Waals surface area contributed by atoms with Crippen molar-refractivity contribution in [2.45, 2.75) is 69.6 Å². The summed E-state index contributed by atoms with van der Waals surface area (Å²) in [6, 6.07) is 0. The Balaban J connectivity index is 1.85. The van der Waals surface area contributed by atoms with E-state index in [1.165, 1.54) is 46.8 Å². The molecule has 0 bridgehead atoms. The van der Waals surface area contributed by atoms with Gasteiger partial charge in [0.2, 0.25) is 0 Å². The van der Waals surface area contributed by atoms with Gasteiger partial charge in [0.1, 0.15) is 21.4 Å². The zero-order valence-electron chi connectivity index (χ0n) is 16.6. The Kier molecular flexibility index (Phi) is 5.83. The van der Waals surface area contributed by atoms with E-state index in [4.69, 9.17) is 9.72 Å². The maximum Gasteiger partial charge on any atom is 0.319 e. The fourth-order valence-electron chi connectivity index (χ4n) is 3.92. The maximum atomic E-state index is 12.1. The number of nitrogens with zero attached hydrogens (tertiary/aromatic N) is 3. The number of fused-ring (bicyclic) bond motifs is 5. The second-order valence-corrected chi connectivity index (χ2v) is 9.45. The number of aromatic nitrogens is 3. The molecule has 1 unspecified atom stereocenters. The Bertz CT molecular complexity index is 1030. The Morgan fingerprint density at radius 2 is 2.04 bits per heavy atom. The van der Waals surface area contributed by atoms with Gasteiger partial charge >= 0.3 is 5.97 Å². The molecule has 4 rings (SSSR count). The van der Waals surface area contributed by atoms with Crippen LogP contribution in [-0.4, -0.2) is 32.8 Å². The highest BCUT2D eigenvalue weighted by Crippen LogP contribution is 2.42. The molecule has 0 amide bonds. The third-order valence-electron chi connectivity index (χ3n) is 5.17. The Morgan fingerprint density at radius 1 is 1.25 bits per heavy atom. The molecule has 0 aliphatic heterocycles. The highest BCUT2D eigenvalue weighted by molar-refractivity contribution is 8.00. The summed E-state index contributed by atoms with van der Waals surface area (Å²) in [6.45, 7) is 6.29. The predicted octanol–water partition coefficient (Wildman–Crippen LogP) is 5.11. The van der Waals surface area contributed by atoms with E-state index < -0.39 is 0 Å². The fraction of sp³-hybridized carbons (Fsp3) is 0.524. The lowest BCUT2D eigenvalue weighted by atomic mass is 9.88. The molecule has 0 fully saturated rings. The molecule has 1 aliphatic carbocycles. The van der Waals surface area contributed by atoms with Crippen LogP contribution in [0.4, 0.5) is 0 Å². The molecule has 0 spiro atoms. The minimum absolute atomic E-state index is 0.207. The fourth-order valence-corrected chi connectivity index (χ4v) is 6.06. The molecule has 0 N–H and O–H groups in total. The molecule has 28 heavy (non-hydrogen) atoms. The van der Waals surface area contributed by atoms with Crippen LogP contribution in [0.25, 0.3) is 20.4 Å². The molecule has 1 atom stereocenters. The standard InChI is InChI=1S/C21H25N3O2S2/c1-4-8-15-13-9-6-7-10-14(13)16-17-18(28-19(16)24-15)20(23-11-22-17)27-12(3)21(25)26-5-2/h11-12H,4-10H2,1-3H3. The van der Waals surface area contributed by atoms with Crippen LogP contribution in [0.2, 0.25) is 0 Å². The van der Waals surface area contributed by atoms with Gasteiger partial charge in [-0.3, -0.25) is 4.79 Å². The van der Waals surface area contributed by atoms with E-state index in [1.807, 2.05) is 13.8 Å². The number of aryl methyl sites for hydroxylation is 2. The van der Waals surface area contributed by atoms with E-state index in [0.717, 1.165) is 45.8 Å². The van der Waals surface area contributed by atoms with Gasteiger partial charge in [0.15, 0.2) is 0 Å². The molecule has 5 nitrogen and oxygen atoms in total. The van der Waals surface area contributed by atoms with E-state index in [2.05, 4.69) is 16.9 Å². The van der Waals surface area contributed by atoms with Gasteiger partial charge in [-0.15, -0.1) is 11.3 Å². The highest BCUT2D eigenvalue weighted by atomic mass is 32.2. The lowest BCUT2D eigenvalue weighted by Gasteiger charge is -2.19. The third kappa shape index (κ3) is 3.50. The first-order valence-electron chi connectivity index (χ1n) is 10.0. The quantitative estimate of drug-likeness (QED) is 0.316. The van der Waals surface area contributed by atoms with Crippen molar-refractivity contribution >= 4 is 49.5 Å². The average molecular weight is 416 g/mol. The van der Waals surface area contributed by atoms with Crippen LogP contribution in [-0.2, 0) is 28.8 Å². The summed E-state index contributed by atoms with van der Waals surface area (Å²) in [5.74, 6) is -0.207. The number of thioether (sulfide) groups is 1. The van der Waals surface area contributed by atoms with Crippen molar-refractivity contribution in [2.24, 2.45) is 0 Å². The van der Waals surface area contributed by atoms with Gasteiger partial charge in [-0.25, -0.2) is 15.0 Å². The smallest absolute Gasteiger partial charge is 0.319 e. The predicted molar refractivity (Wildman–Crippen MR) is 115 cm³/mol. The first kappa shape index (κ1) is 19.6. The monoisotopic (exact) mass is 415 g/mol. The molecule has 3 heterocycles. The van der Waals surface area contributed by atoms with Gasteiger partial charge in [-0.05, 0) is 57.1 Å². The Hall–Kier alpha value is -1.73. The van der Waals surface area contributed by atoms with Crippen molar-refractivity contribution in [3.8, 4) is 0 Å². The van der Waals surface area contributed by atoms with Crippen LogP contribution in [0.5, 0.6) is 0 Å². The molecule has 148 valence electrons. The maximum absolute atomic E-state index is 12.1. The largest absolute Gasteiger partial charge is 0.465 e. The molecule has 0 radical (unpaired) electrons. The van der Waals surface area contributed by atoms with E-state index in [0.29, 0.717) is 6.61 Å². The summed E-state index contributed by atoms with van der Waals surface area (Å²) in [5.41, 5.74) is 5.15. The van der Waals surface area contributed by atoms with Gasteiger partial charge in [0.05, 0.1) is 16.8 Å². The lowest BCUT2D eigenvalue weighted by molar-refractivity contribution is -0.142. The molecule has 3 aromatic heterocycles. The number of carbonyl (C=O) groups excluding carboxylic acids is 1. The van der Waals surface area contributed by atoms with Crippen molar-refractivity contribution in [1.82, 2.24) is 15.0 Å². The van der Waals surface area contributed by atoms with E-state index in [9.17, 15) is 4.79 Å². The summed E-state index contributed by atoms with van der Waals surface area (Å²) in [7, 11) is 0. The second-order valence-electron chi connectivity index (χ2n) is 7.12. The molecule has 0 saturated heterocycles. The normalized spacial score (nSPS) is 15.0. The van der Waals surface area contributed by atoms with Crippen LogP contribution in [0.1, 0.15) is 56.9 Å². The highest BCUT2D eigenvalue weighted by Gasteiger charge is 2.24.